The fourth-order valence-electron chi connectivity index (χ4n) is 1.08. The van der Waals surface area contributed by atoms with Crippen LogP contribution in [0.15, 0.2) is 12.4 Å². The molecule has 0 aromatic carbocycles. The summed E-state index contributed by atoms with van der Waals surface area (Å²) in [6, 6.07) is 0. The first-order chi connectivity index (χ1) is 7.27. The molecule has 0 unspecified atom stereocenters. The van der Waals surface area contributed by atoms with Gasteiger partial charge in [0.05, 0.1) is 6.61 Å². The third-order valence-corrected chi connectivity index (χ3v) is 2.54. The predicted octanol–water partition coefficient (Wildman–Crippen LogP) is 1.77. The number of halogens is 2. The van der Waals surface area contributed by atoms with E-state index in [1.165, 1.54) is 0 Å². The maximum absolute atomic E-state index is 5.72. The van der Waals surface area contributed by atoms with E-state index in [-0.39, 0.29) is 0 Å². The van der Waals surface area contributed by atoms with Crippen LogP contribution in [-0.2, 0) is 4.74 Å². The van der Waals surface area contributed by atoms with Crippen molar-refractivity contribution in [3.8, 4) is 0 Å². The highest BCUT2D eigenvalue weighted by Crippen LogP contribution is 2.08. The van der Waals surface area contributed by atoms with E-state index in [1.54, 1.807) is 19.5 Å². The van der Waals surface area contributed by atoms with Gasteiger partial charge in [-0.1, -0.05) is 0 Å². The number of hydrogen-bond acceptors (Lipinski definition) is 4. The standard InChI is InChI=1S/C9H13ClIN3O/c1-15-5-4-14(3-2-10)9-12-6-8(11)7-13-9/h6-7H,2-5H2,1H3. The predicted molar refractivity (Wildman–Crippen MR) is 69.6 cm³/mol. The van der Waals surface area contributed by atoms with Gasteiger partial charge in [0.15, 0.2) is 0 Å². The molecule has 0 aliphatic rings. The fourth-order valence-corrected chi connectivity index (χ4v) is 1.57. The average molecular weight is 342 g/mol. The van der Waals surface area contributed by atoms with E-state index in [9.17, 15) is 0 Å². The zero-order valence-electron chi connectivity index (χ0n) is 8.49. The third-order valence-electron chi connectivity index (χ3n) is 1.81. The van der Waals surface area contributed by atoms with Crippen molar-refractivity contribution in [3.63, 3.8) is 0 Å². The van der Waals surface area contributed by atoms with Gasteiger partial charge in [0.25, 0.3) is 0 Å². The van der Waals surface area contributed by atoms with E-state index in [2.05, 4.69) is 32.6 Å². The molecule has 0 radical (unpaired) electrons. The molecule has 1 rings (SSSR count). The minimum atomic E-state index is 0.555. The maximum Gasteiger partial charge on any atom is 0.225 e. The Balaban J connectivity index is 2.65. The Morgan fingerprint density at radius 1 is 1.40 bits per heavy atom. The first-order valence-corrected chi connectivity index (χ1v) is 6.16. The van der Waals surface area contributed by atoms with E-state index < -0.39 is 0 Å². The van der Waals surface area contributed by atoms with Crippen molar-refractivity contribution < 1.29 is 4.74 Å². The summed E-state index contributed by atoms with van der Waals surface area (Å²) in [5.74, 6) is 1.26. The molecular weight excluding hydrogens is 328 g/mol. The van der Waals surface area contributed by atoms with Gasteiger partial charge in [-0.05, 0) is 22.6 Å². The summed E-state index contributed by atoms with van der Waals surface area (Å²) in [6.45, 7) is 2.13. The van der Waals surface area contributed by atoms with Crippen molar-refractivity contribution in [1.29, 1.82) is 0 Å². The van der Waals surface area contributed by atoms with Crippen molar-refractivity contribution in [1.82, 2.24) is 9.97 Å². The van der Waals surface area contributed by atoms with Crippen LogP contribution >= 0.6 is 34.2 Å². The fraction of sp³-hybridized carbons (Fsp3) is 0.556. The first kappa shape index (κ1) is 12.9. The number of hydrogen-bond donors (Lipinski definition) is 0. The zero-order chi connectivity index (χ0) is 11.1. The quantitative estimate of drug-likeness (QED) is 0.584. The molecule has 84 valence electrons. The molecule has 0 aliphatic carbocycles. The first-order valence-electron chi connectivity index (χ1n) is 4.55. The lowest BCUT2D eigenvalue weighted by atomic mass is 10.5. The normalized spacial score (nSPS) is 10.3. The lowest BCUT2D eigenvalue weighted by molar-refractivity contribution is 0.205. The second kappa shape index (κ2) is 7.19. The molecule has 1 aromatic rings. The van der Waals surface area contributed by atoms with Crippen LogP contribution in [0.3, 0.4) is 0 Å². The second-order valence-electron chi connectivity index (χ2n) is 2.87. The van der Waals surface area contributed by atoms with Crippen molar-refractivity contribution in [3.05, 3.63) is 16.0 Å². The van der Waals surface area contributed by atoms with Gasteiger partial charge in [-0.2, -0.15) is 0 Å². The summed E-state index contributed by atoms with van der Waals surface area (Å²) in [6.07, 6.45) is 3.58. The second-order valence-corrected chi connectivity index (χ2v) is 4.49. The number of rotatable bonds is 6. The molecule has 0 amide bonds. The smallest absolute Gasteiger partial charge is 0.225 e. The number of methoxy groups -OCH3 is 1. The van der Waals surface area contributed by atoms with Gasteiger partial charge in [0, 0.05) is 42.0 Å². The summed E-state index contributed by atoms with van der Waals surface area (Å²) >= 11 is 7.89. The van der Waals surface area contributed by atoms with Gasteiger partial charge in [0.2, 0.25) is 5.95 Å². The van der Waals surface area contributed by atoms with Gasteiger partial charge >= 0.3 is 0 Å². The lowest BCUT2D eigenvalue weighted by Gasteiger charge is -2.20. The molecule has 0 fully saturated rings. The van der Waals surface area contributed by atoms with Crippen LogP contribution in [0.5, 0.6) is 0 Å². The Bertz CT molecular complexity index is 283. The molecule has 0 saturated carbocycles. The highest BCUT2D eigenvalue weighted by molar-refractivity contribution is 14.1. The van der Waals surface area contributed by atoms with Crippen molar-refractivity contribution in [2.24, 2.45) is 0 Å². The number of nitrogens with zero attached hydrogens (tertiary/aromatic N) is 3. The molecule has 0 aliphatic heterocycles. The summed E-state index contributed by atoms with van der Waals surface area (Å²) < 4.78 is 6.04. The number of aromatic nitrogens is 2. The molecule has 1 heterocycles. The van der Waals surface area contributed by atoms with Crippen LogP contribution in [0.4, 0.5) is 5.95 Å². The van der Waals surface area contributed by atoms with Crippen LogP contribution in [-0.4, -0.2) is 42.7 Å². The van der Waals surface area contributed by atoms with Crippen LogP contribution in [0, 0.1) is 3.57 Å². The Morgan fingerprint density at radius 2 is 2.07 bits per heavy atom. The third kappa shape index (κ3) is 4.48. The van der Waals surface area contributed by atoms with Gasteiger partial charge in [-0.25, -0.2) is 9.97 Å². The number of alkyl halides is 1. The largest absolute Gasteiger partial charge is 0.383 e. The highest BCUT2D eigenvalue weighted by Gasteiger charge is 2.07. The SMILES string of the molecule is COCCN(CCCl)c1ncc(I)cn1. The van der Waals surface area contributed by atoms with Gasteiger partial charge in [-0.3, -0.25) is 0 Å². The van der Waals surface area contributed by atoms with Crippen LogP contribution < -0.4 is 4.90 Å². The van der Waals surface area contributed by atoms with Crippen LogP contribution in [0.2, 0.25) is 0 Å². The highest BCUT2D eigenvalue weighted by atomic mass is 127. The monoisotopic (exact) mass is 341 g/mol. The van der Waals surface area contributed by atoms with E-state index in [1.807, 2.05) is 4.90 Å². The zero-order valence-corrected chi connectivity index (χ0v) is 11.4. The van der Waals surface area contributed by atoms with Gasteiger partial charge in [0.1, 0.15) is 0 Å². The summed E-state index contributed by atoms with van der Waals surface area (Å²) in [5, 5.41) is 0. The Labute approximate surface area is 108 Å². The molecule has 0 bridgehead atoms. The van der Waals surface area contributed by atoms with Gasteiger partial charge in [-0.15, -0.1) is 11.6 Å². The van der Waals surface area contributed by atoms with Crippen molar-refractivity contribution in [2.75, 3.05) is 37.6 Å². The van der Waals surface area contributed by atoms with Gasteiger partial charge < -0.3 is 9.64 Å². The number of ether oxygens (including phenoxy) is 1. The number of anilines is 1. The maximum atomic E-state index is 5.72. The molecule has 6 heteroatoms. The molecule has 0 N–H and O–H groups in total. The molecular formula is C9H13ClIN3O. The minimum Gasteiger partial charge on any atom is -0.383 e. The summed E-state index contributed by atoms with van der Waals surface area (Å²) in [5.41, 5.74) is 0. The van der Waals surface area contributed by atoms with Crippen LogP contribution in [0.25, 0.3) is 0 Å². The average Bonchev–Trinajstić information content (AvgIpc) is 2.25. The molecule has 0 saturated heterocycles. The molecule has 4 nitrogen and oxygen atoms in total. The lowest BCUT2D eigenvalue weighted by Crippen LogP contribution is -2.30. The van der Waals surface area contributed by atoms with Crippen molar-refractivity contribution >= 4 is 40.1 Å². The van der Waals surface area contributed by atoms with Crippen LogP contribution in [0.1, 0.15) is 0 Å². The molecule has 0 atom stereocenters. The van der Waals surface area contributed by atoms with E-state index in [0.29, 0.717) is 18.4 Å². The minimum absolute atomic E-state index is 0.555. The molecule has 15 heavy (non-hydrogen) atoms. The molecule has 1 aromatic heterocycles. The summed E-state index contributed by atoms with van der Waals surface area (Å²) in [7, 11) is 1.67. The van der Waals surface area contributed by atoms with E-state index >= 15 is 0 Å². The van der Waals surface area contributed by atoms with Crippen molar-refractivity contribution in [2.45, 2.75) is 0 Å². The Hall–Kier alpha value is -0.140. The van der Waals surface area contributed by atoms with E-state index in [4.69, 9.17) is 16.3 Å². The van der Waals surface area contributed by atoms with E-state index in [0.717, 1.165) is 16.7 Å². The Kier molecular flexibility index (Phi) is 6.19. The Morgan fingerprint density at radius 3 is 2.60 bits per heavy atom. The summed E-state index contributed by atoms with van der Waals surface area (Å²) in [4.78, 5) is 10.5. The topological polar surface area (TPSA) is 38.2 Å². The molecule has 0 spiro atoms.